The summed E-state index contributed by atoms with van der Waals surface area (Å²) in [4.78, 5) is 12.6. The van der Waals surface area contributed by atoms with Gasteiger partial charge in [-0.3, -0.25) is 4.79 Å². The highest BCUT2D eigenvalue weighted by molar-refractivity contribution is 7.80. The Labute approximate surface area is 127 Å². The fourth-order valence-electron chi connectivity index (χ4n) is 3.47. The molecule has 0 heterocycles. The highest BCUT2D eigenvalue weighted by atomic mass is 32.1. The maximum absolute atomic E-state index is 12.8. The Kier molecular flexibility index (Phi) is 4.80. The van der Waals surface area contributed by atoms with Crippen LogP contribution >= 0.6 is 12.2 Å². The van der Waals surface area contributed by atoms with Gasteiger partial charge >= 0.3 is 6.18 Å². The Morgan fingerprint density at radius 3 is 2.33 bits per heavy atom. The van der Waals surface area contributed by atoms with Gasteiger partial charge in [0.2, 0.25) is 5.91 Å². The molecule has 0 spiro atoms. The molecule has 0 saturated heterocycles. The van der Waals surface area contributed by atoms with E-state index in [4.69, 9.17) is 18.0 Å². The molecule has 21 heavy (non-hydrogen) atoms. The second-order valence-corrected chi connectivity index (χ2v) is 6.68. The lowest BCUT2D eigenvalue weighted by atomic mass is 9.80. The molecule has 2 saturated carbocycles. The average Bonchev–Trinajstić information content (AvgIpc) is 2.88. The van der Waals surface area contributed by atoms with Gasteiger partial charge in [0, 0.05) is 5.92 Å². The van der Waals surface area contributed by atoms with E-state index in [1.54, 1.807) is 0 Å². The first-order valence-electron chi connectivity index (χ1n) is 7.43. The maximum Gasteiger partial charge on any atom is 0.391 e. The van der Waals surface area contributed by atoms with E-state index in [1.807, 2.05) is 0 Å². The van der Waals surface area contributed by atoms with Gasteiger partial charge < -0.3 is 11.1 Å². The van der Waals surface area contributed by atoms with Gasteiger partial charge in [-0.25, -0.2) is 0 Å². The summed E-state index contributed by atoms with van der Waals surface area (Å²) in [7, 11) is 0. The first-order valence-corrected chi connectivity index (χ1v) is 7.84. The standard InChI is InChI=1S/C14H21F3N2OS/c15-14(16,17)10-5-3-4-9(8-10)11(20)19-13(12(18)21)6-1-2-7-13/h9-10H,1-8H2,(H2,18,21)(H,19,20). The fourth-order valence-corrected chi connectivity index (χ4v) is 3.73. The molecule has 3 nitrogen and oxygen atoms in total. The van der Waals surface area contributed by atoms with Gasteiger partial charge in [0.25, 0.3) is 0 Å². The maximum atomic E-state index is 12.8. The highest BCUT2D eigenvalue weighted by Gasteiger charge is 2.45. The van der Waals surface area contributed by atoms with E-state index < -0.39 is 23.6 Å². The summed E-state index contributed by atoms with van der Waals surface area (Å²) in [5, 5.41) is 2.86. The van der Waals surface area contributed by atoms with Crippen LogP contribution in [-0.4, -0.2) is 22.6 Å². The van der Waals surface area contributed by atoms with Crippen molar-refractivity contribution in [1.82, 2.24) is 5.32 Å². The van der Waals surface area contributed by atoms with E-state index in [-0.39, 0.29) is 23.7 Å². The van der Waals surface area contributed by atoms with Crippen LogP contribution in [0.4, 0.5) is 13.2 Å². The van der Waals surface area contributed by atoms with Crippen LogP contribution in [0.1, 0.15) is 51.4 Å². The second kappa shape index (κ2) is 6.10. The first kappa shape index (κ1) is 16.5. The molecule has 2 aliphatic carbocycles. The van der Waals surface area contributed by atoms with Crippen LogP contribution in [0.2, 0.25) is 0 Å². The van der Waals surface area contributed by atoms with Crippen molar-refractivity contribution in [3.05, 3.63) is 0 Å². The van der Waals surface area contributed by atoms with Crippen molar-refractivity contribution in [3.63, 3.8) is 0 Å². The van der Waals surface area contributed by atoms with E-state index in [0.29, 0.717) is 25.7 Å². The van der Waals surface area contributed by atoms with Crippen LogP contribution in [0.3, 0.4) is 0 Å². The number of nitrogens with two attached hydrogens (primary N) is 1. The lowest BCUT2D eigenvalue weighted by molar-refractivity contribution is -0.186. The number of thiocarbonyl (C=S) groups is 1. The van der Waals surface area contributed by atoms with Gasteiger partial charge in [0.15, 0.2) is 0 Å². The lowest BCUT2D eigenvalue weighted by Gasteiger charge is -2.34. The largest absolute Gasteiger partial charge is 0.391 e. The van der Waals surface area contributed by atoms with E-state index in [2.05, 4.69) is 5.32 Å². The number of halogens is 3. The molecule has 7 heteroatoms. The third-order valence-electron chi connectivity index (χ3n) is 4.80. The molecule has 2 rings (SSSR count). The van der Waals surface area contributed by atoms with Crippen molar-refractivity contribution in [3.8, 4) is 0 Å². The van der Waals surface area contributed by atoms with Gasteiger partial charge in [-0.1, -0.05) is 31.5 Å². The predicted octanol–water partition coefficient (Wildman–Crippen LogP) is 3.07. The third kappa shape index (κ3) is 3.67. The van der Waals surface area contributed by atoms with Gasteiger partial charge in [0.05, 0.1) is 16.4 Å². The summed E-state index contributed by atoms with van der Waals surface area (Å²) in [5.74, 6) is -2.28. The SMILES string of the molecule is NC(=S)C1(NC(=O)C2CCCC(C(F)(F)F)C2)CCCC1. The van der Waals surface area contributed by atoms with Crippen molar-refractivity contribution in [1.29, 1.82) is 0 Å². The van der Waals surface area contributed by atoms with Crippen molar-refractivity contribution in [2.75, 3.05) is 0 Å². The molecule has 0 aromatic carbocycles. The number of carbonyl (C=O) groups excluding carboxylic acids is 1. The van der Waals surface area contributed by atoms with Gasteiger partial charge in [-0.15, -0.1) is 0 Å². The zero-order valence-electron chi connectivity index (χ0n) is 11.8. The summed E-state index contributed by atoms with van der Waals surface area (Å²) in [5.41, 5.74) is 5.06. The molecule has 0 aromatic rings. The molecule has 120 valence electrons. The van der Waals surface area contributed by atoms with Gasteiger partial charge in [-0.05, 0) is 32.1 Å². The zero-order valence-corrected chi connectivity index (χ0v) is 12.7. The van der Waals surface area contributed by atoms with Crippen molar-refractivity contribution in [2.24, 2.45) is 17.6 Å². The molecule has 1 amide bonds. The molecule has 2 atom stereocenters. The lowest BCUT2D eigenvalue weighted by Crippen LogP contribution is -2.56. The number of nitrogens with one attached hydrogen (secondary N) is 1. The predicted molar refractivity (Wildman–Crippen MR) is 77.6 cm³/mol. The minimum atomic E-state index is -4.22. The Hall–Kier alpha value is -0.850. The Bertz CT molecular complexity index is 419. The second-order valence-electron chi connectivity index (χ2n) is 6.24. The first-order chi connectivity index (χ1) is 9.74. The summed E-state index contributed by atoms with van der Waals surface area (Å²) in [6.07, 6.45) is -0.0638. The van der Waals surface area contributed by atoms with E-state index in [9.17, 15) is 18.0 Å². The number of carbonyl (C=O) groups is 1. The summed E-state index contributed by atoms with van der Waals surface area (Å²) < 4.78 is 38.4. The molecule has 3 N–H and O–H groups in total. The third-order valence-corrected chi connectivity index (χ3v) is 5.19. The minimum absolute atomic E-state index is 0.119. The number of hydrogen-bond donors (Lipinski definition) is 2. The molecule has 0 aromatic heterocycles. The number of rotatable bonds is 3. The van der Waals surface area contributed by atoms with Crippen LogP contribution in [0, 0.1) is 11.8 Å². The molecule has 2 unspecified atom stereocenters. The van der Waals surface area contributed by atoms with Crippen molar-refractivity contribution >= 4 is 23.1 Å². The van der Waals surface area contributed by atoms with E-state index in [0.717, 1.165) is 12.8 Å². The van der Waals surface area contributed by atoms with Crippen molar-refractivity contribution < 1.29 is 18.0 Å². The Morgan fingerprint density at radius 1 is 1.19 bits per heavy atom. The number of alkyl halides is 3. The molecule has 0 radical (unpaired) electrons. The van der Waals surface area contributed by atoms with Gasteiger partial charge in [-0.2, -0.15) is 13.2 Å². The van der Waals surface area contributed by atoms with Gasteiger partial charge in [0.1, 0.15) is 0 Å². The van der Waals surface area contributed by atoms with E-state index in [1.165, 1.54) is 0 Å². The highest BCUT2D eigenvalue weighted by Crippen LogP contribution is 2.40. The molecule has 2 aliphatic rings. The average molecular weight is 322 g/mol. The van der Waals surface area contributed by atoms with Crippen LogP contribution in [-0.2, 0) is 4.79 Å². The minimum Gasteiger partial charge on any atom is -0.391 e. The monoisotopic (exact) mass is 322 g/mol. The quantitative estimate of drug-likeness (QED) is 0.785. The smallest absolute Gasteiger partial charge is 0.391 e. The summed E-state index contributed by atoms with van der Waals surface area (Å²) in [6, 6.07) is 0. The van der Waals surface area contributed by atoms with Crippen LogP contribution in [0.25, 0.3) is 0 Å². The van der Waals surface area contributed by atoms with E-state index >= 15 is 0 Å². The molecular formula is C14H21F3N2OS. The van der Waals surface area contributed by atoms with Crippen LogP contribution in [0.5, 0.6) is 0 Å². The zero-order chi connectivity index (χ0) is 15.7. The fraction of sp³-hybridized carbons (Fsp3) is 0.857. The Morgan fingerprint density at radius 2 is 1.81 bits per heavy atom. The normalized spacial score (nSPS) is 29.1. The number of amides is 1. The molecule has 0 bridgehead atoms. The topological polar surface area (TPSA) is 55.1 Å². The Balaban J connectivity index is 2.01. The molecular weight excluding hydrogens is 301 g/mol. The van der Waals surface area contributed by atoms with Crippen LogP contribution in [0.15, 0.2) is 0 Å². The molecule has 0 aliphatic heterocycles. The molecule has 2 fully saturated rings. The van der Waals surface area contributed by atoms with Crippen LogP contribution < -0.4 is 11.1 Å². The summed E-state index contributed by atoms with van der Waals surface area (Å²) in [6.45, 7) is 0. The summed E-state index contributed by atoms with van der Waals surface area (Å²) >= 11 is 5.05. The number of hydrogen-bond acceptors (Lipinski definition) is 2. The van der Waals surface area contributed by atoms with Crippen molar-refractivity contribution in [2.45, 2.75) is 63.1 Å².